The molecule has 1 N–H and O–H groups in total. The Bertz CT molecular complexity index is 1220. The lowest BCUT2D eigenvalue weighted by Crippen LogP contribution is -2.42. The fourth-order valence-electron chi connectivity index (χ4n) is 4.71. The maximum absolute atomic E-state index is 13.2. The van der Waals surface area contributed by atoms with Crippen molar-refractivity contribution in [2.24, 2.45) is 0 Å². The Hall–Kier alpha value is -3.45. The van der Waals surface area contributed by atoms with Crippen molar-refractivity contribution in [3.8, 4) is 5.69 Å². The van der Waals surface area contributed by atoms with Crippen LogP contribution < -0.4 is 11.0 Å². The number of nitrogens with one attached hydrogen (secondary N) is 1. The molecule has 1 amide bonds. The summed E-state index contributed by atoms with van der Waals surface area (Å²) in [7, 11) is 0. The number of benzene rings is 2. The second-order valence-corrected chi connectivity index (χ2v) is 9.65. The molecule has 7 heteroatoms. The third-order valence-corrected chi connectivity index (χ3v) is 6.75. The standard InChI is InChI=1S/C29H37N5O2/c1-4-5-9-18-30-28(35)27(25-10-7-6-8-11-25)32-19-16-24(17-20-32)23-12-14-26(15-13-23)33-21-31-34(22(2)3)29(33)36/h6-8,10-16,21-22,27H,4-5,9,17-20H2,1-3H3,(H,30,35). The predicted molar refractivity (Wildman–Crippen MR) is 144 cm³/mol. The van der Waals surface area contributed by atoms with Crippen molar-refractivity contribution in [1.82, 2.24) is 24.6 Å². The molecule has 0 spiro atoms. The first-order chi connectivity index (χ1) is 17.5. The van der Waals surface area contributed by atoms with E-state index in [-0.39, 0.29) is 23.7 Å². The van der Waals surface area contributed by atoms with Crippen molar-refractivity contribution in [2.45, 2.75) is 58.5 Å². The van der Waals surface area contributed by atoms with E-state index in [0.29, 0.717) is 6.54 Å². The van der Waals surface area contributed by atoms with E-state index >= 15 is 0 Å². The Morgan fingerprint density at radius 1 is 1.06 bits per heavy atom. The minimum Gasteiger partial charge on any atom is -0.354 e. The van der Waals surface area contributed by atoms with Crippen molar-refractivity contribution in [3.05, 3.63) is 88.6 Å². The number of carbonyl (C=O) groups excluding carboxylic acids is 1. The molecular formula is C29H37N5O2. The molecule has 1 unspecified atom stereocenters. The summed E-state index contributed by atoms with van der Waals surface area (Å²) in [6.45, 7) is 8.28. The Morgan fingerprint density at radius 3 is 2.42 bits per heavy atom. The van der Waals surface area contributed by atoms with Crippen molar-refractivity contribution >= 4 is 11.5 Å². The van der Waals surface area contributed by atoms with Crippen LogP contribution in [0.3, 0.4) is 0 Å². The molecular weight excluding hydrogens is 450 g/mol. The Labute approximate surface area is 213 Å². The molecule has 36 heavy (non-hydrogen) atoms. The maximum atomic E-state index is 13.2. The number of hydrogen-bond acceptors (Lipinski definition) is 4. The molecule has 0 radical (unpaired) electrons. The third-order valence-electron chi connectivity index (χ3n) is 6.75. The first kappa shape index (κ1) is 25.6. The van der Waals surface area contributed by atoms with E-state index < -0.39 is 0 Å². The fourth-order valence-corrected chi connectivity index (χ4v) is 4.71. The summed E-state index contributed by atoms with van der Waals surface area (Å²) in [6.07, 6.45) is 7.93. The number of nitrogens with zero attached hydrogens (tertiary/aromatic N) is 4. The van der Waals surface area contributed by atoms with Gasteiger partial charge in [0.25, 0.3) is 0 Å². The largest absolute Gasteiger partial charge is 0.354 e. The van der Waals surface area contributed by atoms with Gasteiger partial charge >= 0.3 is 5.69 Å². The normalized spacial score (nSPS) is 15.1. The van der Waals surface area contributed by atoms with Crippen LogP contribution in [0.15, 0.2) is 71.8 Å². The zero-order valence-electron chi connectivity index (χ0n) is 21.6. The molecule has 4 rings (SSSR count). The third kappa shape index (κ3) is 5.85. The lowest BCUT2D eigenvalue weighted by molar-refractivity contribution is -0.126. The van der Waals surface area contributed by atoms with Gasteiger partial charge in [-0.2, -0.15) is 5.10 Å². The van der Waals surface area contributed by atoms with Gasteiger partial charge in [0.15, 0.2) is 0 Å². The van der Waals surface area contributed by atoms with E-state index in [4.69, 9.17) is 0 Å². The van der Waals surface area contributed by atoms with E-state index in [0.717, 1.165) is 55.6 Å². The molecule has 0 saturated carbocycles. The van der Waals surface area contributed by atoms with Crippen LogP contribution in [0.1, 0.15) is 69.7 Å². The number of unbranched alkanes of at least 4 members (excludes halogenated alkanes) is 2. The van der Waals surface area contributed by atoms with Crippen LogP contribution in [-0.2, 0) is 4.79 Å². The van der Waals surface area contributed by atoms with Gasteiger partial charge in [0, 0.05) is 19.6 Å². The number of aromatic nitrogens is 3. The SMILES string of the molecule is CCCCCNC(=O)C(c1ccccc1)N1CC=C(c2ccc(-n3cnn(C(C)C)c3=O)cc2)CC1. The van der Waals surface area contributed by atoms with E-state index in [1.165, 1.54) is 10.3 Å². The van der Waals surface area contributed by atoms with Crippen LogP contribution in [0, 0.1) is 0 Å². The van der Waals surface area contributed by atoms with E-state index in [1.54, 1.807) is 10.9 Å². The Balaban J connectivity index is 1.47. The molecule has 190 valence electrons. The molecule has 2 aromatic carbocycles. The highest BCUT2D eigenvalue weighted by molar-refractivity contribution is 5.83. The topological polar surface area (TPSA) is 72.2 Å². The summed E-state index contributed by atoms with van der Waals surface area (Å²) in [5.41, 5.74) is 4.10. The number of carbonyl (C=O) groups is 1. The summed E-state index contributed by atoms with van der Waals surface area (Å²) in [5, 5.41) is 7.37. The minimum atomic E-state index is -0.294. The lowest BCUT2D eigenvalue weighted by atomic mass is 9.96. The summed E-state index contributed by atoms with van der Waals surface area (Å²) in [4.78, 5) is 28.0. The molecule has 0 saturated heterocycles. The summed E-state index contributed by atoms with van der Waals surface area (Å²) in [6, 6.07) is 17.8. The van der Waals surface area contributed by atoms with Crippen LogP contribution in [0.25, 0.3) is 11.3 Å². The highest BCUT2D eigenvalue weighted by Crippen LogP contribution is 2.29. The Kier molecular flexibility index (Phi) is 8.54. The van der Waals surface area contributed by atoms with E-state index in [1.807, 2.05) is 56.3 Å². The molecule has 1 aliphatic heterocycles. The molecule has 2 heterocycles. The van der Waals surface area contributed by atoms with Gasteiger partial charge in [-0.25, -0.2) is 14.0 Å². The van der Waals surface area contributed by atoms with Crippen molar-refractivity contribution in [1.29, 1.82) is 0 Å². The molecule has 0 aliphatic carbocycles. The van der Waals surface area contributed by atoms with Gasteiger partial charge in [0.1, 0.15) is 12.4 Å². The molecule has 0 fully saturated rings. The minimum absolute atomic E-state index is 0.0199. The van der Waals surface area contributed by atoms with Crippen LogP contribution in [0.2, 0.25) is 0 Å². The van der Waals surface area contributed by atoms with Crippen molar-refractivity contribution in [3.63, 3.8) is 0 Å². The van der Waals surface area contributed by atoms with Crippen LogP contribution in [-0.4, -0.2) is 44.8 Å². The lowest BCUT2D eigenvalue weighted by Gasteiger charge is -2.33. The first-order valence-corrected chi connectivity index (χ1v) is 13.0. The summed E-state index contributed by atoms with van der Waals surface area (Å²) in [5.74, 6) is 0.0749. The van der Waals surface area contributed by atoms with Crippen molar-refractivity contribution < 1.29 is 4.79 Å². The van der Waals surface area contributed by atoms with Gasteiger partial charge in [0.2, 0.25) is 5.91 Å². The molecule has 0 bridgehead atoms. The van der Waals surface area contributed by atoms with Crippen LogP contribution in [0.4, 0.5) is 0 Å². The van der Waals surface area contributed by atoms with Crippen LogP contribution >= 0.6 is 0 Å². The average Bonchev–Trinajstić information content (AvgIpc) is 3.29. The quantitative estimate of drug-likeness (QED) is 0.419. The molecule has 1 aromatic heterocycles. The summed E-state index contributed by atoms with van der Waals surface area (Å²) >= 11 is 0. The zero-order valence-corrected chi connectivity index (χ0v) is 21.6. The average molecular weight is 488 g/mol. The zero-order chi connectivity index (χ0) is 25.5. The highest BCUT2D eigenvalue weighted by Gasteiger charge is 2.28. The highest BCUT2D eigenvalue weighted by atomic mass is 16.2. The molecule has 1 atom stereocenters. The van der Waals surface area contributed by atoms with Crippen molar-refractivity contribution in [2.75, 3.05) is 19.6 Å². The monoisotopic (exact) mass is 487 g/mol. The van der Waals surface area contributed by atoms with Gasteiger partial charge in [-0.05, 0) is 55.5 Å². The van der Waals surface area contributed by atoms with E-state index in [9.17, 15) is 9.59 Å². The van der Waals surface area contributed by atoms with Gasteiger partial charge in [-0.15, -0.1) is 0 Å². The maximum Gasteiger partial charge on any atom is 0.350 e. The first-order valence-electron chi connectivity index (χ1n) is 13.0. The van der Waals surface area contributed by atoms with Gasteiger partial charge < -0.3 is 5.32 Å². The number of rotatable bonds is 10. The van der Waals surface area contributed by atoms with Gasteiger partial charge in [-0.1, -0.05) is 68.3 Å². The van der Waals surface area contributed by atoms with Gasteiger partial charge in [0.05, 0.1) is 11.7 Å². The summed E-state index contributed by atoms with van der Waals surface area (Å²) < 4.78 is 3.06. The molecule has 3 aromatic rings. The number of amides is 1. The second-order valence-electron chi connectivity index (χ2n) is 9.65. The Morgan fingerprint density at radius 2 is 1.81 bits per heavy atom. The van der Waals surface area contributed by atoms with E-state index in [2.05, 4.69) is 40.4 Å². The number of hydrogen-bond donors (Lipinski definition) is 1. The molecule has 1 aliphatic rings. The predicted octanol–water partition coefficient (Wildman–Crippen LogP) is 4.75. The van der Waals surface area contributed by atoms with Crippen LogP contribution in [0.5, 0.6) is 0 Å². The second kappa shape index (κ2) is 12.0. The molecule has 7 nitrogen and oxygen atoms in total. The van der Waals surface area contributed by atoms with Gasteiger partial charge in [-0.3, -0.25) is 9.69 Å². The fraction of sp³-hybridized carbons (Fsp3) is 0.414. The smallest absolute Gasteiger partial charge is 0.350 e.